The van der Waals surface area contributed by atoms with Crippen molar-refractivity contribution < 1.29 is 18.7 Å². The van der Waals surface area contributed by atoms with Gasteiger partial charge in [0.1, 0.15) is 18.0 Å². The van der Waals surface area contributed by atoms with Crippen LogP contribution >= 0.6 is 15.9 Å². The summed E-state index contributed by atoms with van der Waals surface area (Å²) < 4.78 is 18.3. The largest absolute Gasteiger partial charge is 0.490 e. The monoisotopic (exact) mass is 546 g/mol. The Bertz CT molecular complexity index is 1540. The van der Waals surface area contributed by atoms with Gasteiger partial charge >= 0.3 is 0 Å². The van der Waals surface area contributed by atoms with Gasteiger partial charge in [-0.05, 0) is 61.4 Å². The highest BCUT2D eigenvalue weighted by atomic mass is 79.9. The Labute approximate surface area is 216 Å². The highest BCUT2D eigenvalue weighted by molar-refractivity contribution is 9.10. The molecule has 2 aromatic carbocycles. The predicted octanol–water partition coefficient (Wildman–Crippen LogP) is 5.97. The van der Waals surface area contributed by atoms with Gasteiger partial charge in [0, 0.05) is 10.7 Å². The fourth-order valence-corrected chi connectivity index (χ4v) is 4.69. The van der Waals surface area contributed by atoms with Crippen LogP contribution in [0.4, 0.5) is 5.82 Å². The first kappa shape index (κ1) is 23.8. The number of carbonyl (C=O) groups is 1. The highest BCUT2D eigenvalue weighted by Gasteiger charge is 2.44. The fourth-order valence-electron chi connectivity index (χ4n) is 4.33. The number of benzene rings is 2. The van der Waals surface area contributed by atoms with Gasteiger partial charge in [0.15, 0.2) is 16.9 Å². The third-order valence-electron chi connectivity index (χ3n) is 5.91. The van der Waals surface area contributed by atoms with Gasteiger partial charge in [-0.2, -0.15) is 0 Å². The normalized spacial score (nSPS) is 14.7. The summed E-state index contributed by atoms with van der Waals surface area (Å²) in [6.07, 6.45) is 3.33. The van der Waals surface area contributed by atoms with Crippen LogP contribution in [0.3, 0.4) is 0 Å². The van der Waals surface area contributed by atoms with Crippen molar-refractivity contribution in [2.45, 2.75) is 19.9 Å². The van der Waals surface area contributed by atoms with Crippen LogP contribution in [-0.2, 0) is 0 Å². The number of ether oxygens (including phenoxy) is 2. The number of aromatic nitrogens is 1. The topological polar surface area (TPSA) is 81.9 Å². The molecule has 1 amide bonds. The van der Waals surface area contributed by atoms with Crippen molar-refractivity contribution in [2.75, 3.05) is 18.1 Å². The zero-order chi connectivity index (χ0) is 25.4. The molecule has 1 aliphatic rings. The Morgan fingerprint density at radius 2 is 1.94 bits per heavy atom. The van der Waals surface area contributed by atoms with Crippen LogP contribution in [0, 0.1) is 6.92 Å². The summed E-state index contributed by atoms with van der Waals surface area (Å²) >= 11 is 3.42. The summed E-state index contributed by atoms with van der Waals surface area (Å²) in [6.45, 7) is 8.21. The zero-order valence-electron chi connectivity index (χ0n) is 19.8. The number of fused-ring (bicyclic) bond motifs is 2. The molecule has 0 fully saturated rings. The van der Waals surface area contributed by atoms with Crippen LogP contribution in [-0.4, -0.2) is 24.1 Å². The Morgan fingerprint density at radius 1 is 1.11 bits per heavy atom. The summed E-state index contributed by atoms with van der Waals surface area (Å²) in [4.78, 5) is 33.5. The second-order valence-corrected chi connectivity index (χ2v) is 9.24. The van der Waals surface area contributed by atoms with Crippen LogP contribution in [0.2, 0.25) is 0 Å². The van der Waals surface area contributed by atoms with Gasteiger partial charge in [0.2, 0.25) is 5.76 Å². The van der Waals surface area contributed by atoms with Crippen LogP contribution in [0.1, 0.15) is 40.2 Å². The smallest absolute Gasteiger partial charge is 0.296 e. The molecule has 8 heteroatoms. The third kappa shape index (κ3) is 4.07. The molecule has 7 nitrogen and oxygen atoms in total. The molecule has 3 heterocycles. The fraction of sp³-hybridized carbons (Fsp3) is 0.179. The first-order valence-electron chi connectivity index (χ1n) is 11.5. The lowest BCUT2D eigenvalue weighted by Gasteiger charge is -2.25. The van der Waals surface area contributed by atoms with E-state index in [4.69, 9.17) is 13.9 Å². The molecule has 1 atom stereocenters. The van der Waals surface area contributed by atoms with Crippen LogP contribution in [0.5, 0.6) is 11.5 Å². The van der Waals surface area contributed by atoms with Gasteiger partial charge in [-0.15, -0.1) is 0 Å². The van der Waals surface area contributed by atoms with Gasteiger partial charge < -0.3 is 13.9 Å². The molecular weight excluding hydrogens is 524 g/mol. The molecule has 1 unspecified atom stereocenters. The van der Waals surface area contributed by atoms with Crippen LogP contribution in [0.15, 0.2) is 81.1 Å². The van der Waals surface area contributed by atoms with Crippen molar-refractivity contribution >= 4 is 38.6 Å². The van der Waals surface area contributed by atoms with Crippen molar-refractivity contribution in [1.29, 1.82) is 0 Å². The standard InChI is InChI=1S/C28H23BrN2O5/c1-4-12-35-21-9-7-17(13-22(21)34-5-2)25-24-26(32)19-14-18(29)8-10-20(19)36-27(24)28(33)31(25)23-11-6-16(3)15-30-23/h4,6-11,13-15,25H,1,5,12H2,2-3H3. The molecule has 2 aromatic heterocycles. The van der Waals surface area contributed by atoms with Gasteiger partial charge in [-0.1, -0.05) is 40.7 Å². The zero-order valence-corrected chi connectivity index (χ0v) is 21.4. The first-order valence-corrected chi connectivity index (χ1v) is 12.2. The number of amides is 1. The molecule has 0 spiro atoms. The van der Waals surface area contributed by atoms with Crippen LogP contribution in [0.25, 0.3) is 11.0 Å². The minimum Gasteiger partial charge on any atom is -0.490 e. The lowest BCUT2D eigenvalue weighted by atomic mass is 9.98. The quantitative estimate of drug-likeness (QED) is 0.265. The Hall–Kier alpha value is -3.91. The number of aryl methyl sites for hydroxylation is 1. The van der Waals surface area contributed by atoms with Crippen LogP contribution < -0.4 is 19.8 Å². The number of pyridine rings is 1. The Morgan fingerprint density at radius 3 is 2.67 bits per heavy atom. The number of halogens is 1. The van der Waals surface area contributed by atoms with Crippen molar-refractivity contribution in [1.82, 2.24) is 4.98 Å². The van der Waals surface area contributed by atoms with Gasteiger partial charge in [0.25, 0.3) is 5.91 Å². The van der Waals surface area contributed by atoms with E-state index in [2.05, 4.69) is 27.5 Å². The number of hydrogen-bond donors (Lipinski definition) is 0. The van der Waals surface area contributed by atoms with Crippen molar-refractivity contribution in [3.63, 3.8) is 0 Å². The molecule has 0 N–H and O–H groups in total. The molecule has 0 radical (unpaired) electrons. The van der Waals surface area contributed by atoms with Crippen molar-refractivity contribution in [3.05, 3.63) is 105 Å². The number of anilines is 1. The minimum absolute atomic E-state index is 0.00661. The lowest BCUT2D eigenvalue weighted by Crippen LogP contribution is -2.30. The maximum Gasteiger partial charge on any atom is 0.296 e. The maximum absolute atomic E-state index is 13.8. The molecule has 4 aromatic rings. The summed E-state index contributed by atoms with van der Waals surface area (Å²) in [5.74, 6) is 1.03. The predicted molar refractivity (Wildman–Crippen MR) is 141 cm³/mol. The summed E-state index contributed by atoms with van der Waals surface area (Å²) in [7, 11) is 0. The molecule has 1 aliphatic heterocycles. The van der Waals surface area contributed by atoms with E-state index in [-0.39, 0.29) is 16.8 Å². The minimum atomic E-state index is -0.769. The van der Waals surface area contributed by atoms with Gasteiger partial charge in [-0.25, -0.2) is 4.98 Å². The van der Waals surface area contributed by atoms with E-state index in [1.165, 1.54) is 4.90 Å². The number of rotatable bonds is 7. The average molecular weight is 547 g/mol. The molecule has 0 bridgehead atoms. The molecular formula is C28H23BrN2O5. The first-order chi connectivity index (χ1) is 17.4. The van der Waals surface area contributed by atoms with E-state index < -0.39 is 11.9 Å². The SMILES string of the molecule is C=CCOc1ccc(C2c3c(oc4ccc(Br)cc4c3=O)C(=O)N2c2ccc(C)cn2)cc1OCC. The van der Waals surface area contributed by atoms with E-state index in [1.54, 1.807) is 48.7 Å². The maximum atomic E-state index is 13.8. The average Bonchev–Trinajstić information content (AvgIpc) is 3.17. The van der Waals surface area contributed by atoms with E-state index in [0.717, 1.165) is 10.0 Å². The summed E-state index contributed by atoms with van der Waals surface area (Å²) in [5, 5.41) is 0.385. The van der Waals surface area contributed by atoms with Crippen molar-refractivity contribution in [3.8, 4) is 11.5 Å². The van der Waals surface area contributed by atoms with Gasteiger partial charge in [0.05, 0.1) is 23.6 Å². The second-order valence-electron chi connectivity index (χ2n) is 8.32. The van der Waals surface area contributed by atoms with E-state index >= 15 is 0 Å². The van der Waals surface area contributed by atoms with E-state index in [0.29, 0.717) is 47.1 Å². The number of nitrogens with zero attached hydrogens (tertiary/aromatic N) is 2. The van der Waals surface area contributed by atoms with E-state index in [9.17, 15) is 9.59 Å². The molecule has 182 valence electrons. The molecule has 0 saturated carbocycles. The molecule has 5 rings (SSSR count). The third-order valence-corrected chi connectivity index (χ3v) is 6.41. The lowest BCUT2D eigenvalue weighted by molar-refractivity contribution is 0.0970. The second kappa shape index (κ2) is 9.62. The number of hydrogen-bond acceptors (Lipinski definition) is 6. The Balaban J connectivity index is 1.75. The molecule has 0 aliphatic carbocycles. The van der Waals surface area contributed by atoms with Gasteiger partial charge in [-0.3, -0.25) is 14.5 Å². The van der Waals surface area contributed by atoms with Crippen molar-refractivity contribution in [2.24, 2.45) is 0 Å². The highest BCUT2D eigenvalue weighted by Crippen LogP contribution is 2.43. The Kier molecular flexibility index (Phi) is 6.36. The summed E-state index contributed by atoms with van der Waals surface area (Å²) in [5.41, 5.74) is 1.95. The summed E-state index contributed by atoms with van der Waals surface area (Å²) in [6, 6.07) is 13.4. The number of carbonyl (C=O) groups excluding carboxylic acids is 1. The molecule has 0 saturated heterocycles. The molecule has 36 heavy (non-hydrogen) atoms. The van der Waals surface area contributed by atoms with E-state index in [1.807, 2.05) is 26.0 Å².